The van der Waals surface area contributed by atoms with Crippen LogP contribution in [0.25, 0.3) is 6.08 Å². The van der Waals surface area contributed by atoms with Gasteiger partial charge in [0.05, 0.1) is 41.8 Å². The van der Waals surface area contributed by atoms with Crippen molar-refractivity contribution in [1.82, 2.24) is 4.98 Å². The van der Waals surface area contributed by atoms with E-state index in [1.54, 1.807) is 40.7 Å². The SMILES string of the molecule is C/C1=C/C[C@@H](/C(Cl)=C/c2coc(C)n2)OC(=O)C[C@H](O)C(C)(C)C(=O)[C@H](C)[C@H](O)[C@@H](C)OCC1. The number of oxazole rings is 1. The number of hydrogen-bond donors (Lipinski definition) is 2. The lowest BCUT2D eigenvalue weighted by Gasteiger charge is -2.34. The summed E-state index contributed by atoms with van der Waals surface area (Å²) in [5.41, 5.74) is 0.190. The molecule has 2 heterocycles. The van der Waals surface area contributed by atoms with Gasteiger partial charge in [-0.15, -0.1) is 0 Å². The number of hydrogen-bond acceptors (Lipinski definition) is 8. The number of carbonyl (C=O) groups is 2. The predicted octanol–water partition coefficient (Wildman–Crippen LogP) is 3.96. The zero-order valence-electron chi connectivity index (χ0n) is 20.7. The number of ether oxygens (including phenoxy) is 2. The van der Waals surface area contributed by atoms with Gasteiger partial charge in [-0.25, -0.2) is 4.98 Å². The minimum atomic E-state index is -1.31. The first-order valence-electron chi connectivity index (χ1n) is 11.5. The van der Waals surface area contributed by atoms with Gasteiger partial charge in [-0.05, 0) is 26.3 Å². The number of nitrogens with zero attached hydrogens (tertiary/aromatic N) is 1. The van der Waals surface area contributed by atoms with Crippen LogP contribution in [0.5, 0.6) is 0 Å². The second-order valence-electron chi connectivity index (χ2n) is 9.50. The third-order valence-electron chi connectivity index (χ3n) is 6.30. The van der Waals surface area contributed by atoms with E-state index in [-0.39, 0.29) is 10.8 Å². The summed E-state index contributed by atoms with van der Waals surface area (Å²) in [5.74, 6) is -1.37. The van der Waals surface area contributed by atoms with E-state index in [9.17, 15) is 19.8 Å². The molecule has 34 heavy (non-hydrogen) atoms. The standard InChI is InChI=1S/C25H36ClNO7/c1-14-7-8-20(19(26)11-18-13-33-17(4)27-18)34-22(29)12-21(28)25(5,6)24(31)15(2)23(30)16(3)32-10-9-14/h7,11,13,15-16,20-21,23,28,30H,8-10,12H2,1-6H3/b14-7-,19-11-/t15-,16-,20+,21+,23+/m1/s1. The molecular formula is C25H36ClNO7. The molecule has 2 rings (SSSR count). The van der Waals surface area contributed by atoms with Crippen LogP contribution in [0.3, 0.4) is 0 Å². The highest BCUT2D eigenvalue weighted by Crippen LogP contribution is 2.31. The molecule has 0 fully saturated rings. The molecule has 0 spiro atoms. The highest BCUT2D eigenvalue weighted by molar-refractivity contribution is 6.32. The Balaban J connectivity index is 2.33. The van der Waals surface area contributed by atoms with E-state index < -0.39 is 48.1 Å². The van der Waals surface area contributed by atoms with Gasteiger partial charge in [0.1, 0.15) is 23.8 Å². The van der Waals surface area contributed by atoms with Gasteiger partial charge >= 0.3 is 5.97 Å². The summed E-state index contributed by atoms with van der Waals surface area (Å²) in [7, 11) is 0. The lowest BCUT2D eigenvalue weighted by molar-refractivity contribution is -0.154. The van der Waals surface area contributed by atoms with Crippen molar-refractivity contribution >= 4 is 29.4 Å². The smallest absolute Gasteiger partial charge is 0.309 e. The number of halogens is 1. The topological polar surface area (TPSA) is 119 Å². The Morgan fingerprint density at radius 3 is 2.53 bits per heavy atom. The number of aliphatic hydroxyl groups excluding tert-OH is 2. The van der Waals surface area contributed by atoms with Crippen LogP contribution >= 0.6 is 11.6 Å². The second kappa shape index (κ2) is 12.1. The van der Waals surface area contributed by atoms with Crippen LogP contribution in [0.2, 0.25) is 0 Å². The molecule has 0 saturated heterocycles. The maximum absolute atomic E-state index is 13.1. The van der Waals surface area contributed by atoms with E-state index in [4.69, 9.17) is 25.5 Å². The van der Waals surface area contributed by atoms with E-state index in [1.807, 2.05) is 13.0 Å². The van der Waals surface area contributed by atoms with E-state index >= 15 is 0 Å². The molecule has 1 aromatic heterocycles. The van der Waals surface area contributed by atoms with Crippen LogP contribution in [0.1, 0.15) is 65.5 Å². The normalized spacial score (nSPS) is 32.1. The largest absolute Gasteiger partial charge is 0.456 e. The molecular weight excluding hydrogens is 462 g/mol. The van der Waals surface area contributed by atoms with E-state index in [0.29, 0.717) is 31.0 Å². The van der Waals surface area contributed by atoms with Crippen LogP contribution in [-0.2, 0) is 19.1 Å². The summed E-state index contributed by atoms with van der Waals surface area (Å²) in [5, 5.41) is 21.6. The first-order valence-corrected chi connectivity index (χ1v) is 11.9. The van der Waals surface area contributed by atoms with Crippen molar-refractivity contribution < 1.29 is 33.7 Å². The Kier molecular flexibility index (Phi) is 10.1. The molecule has 1 aromatic rings. The molecule has 8 nitrogen and oxygen atoms in total. The van der Waals surface area contributed by atoms with Gasteiger partial charge in [0.15, 0.2) is 5.89 Å². The van der Waals surface area contributed by atoms with Crippen LogP contribution < -0.4 is 0 Å². The minimum absolute atomic E-state index is 0.248. The fourth-order valence-corrected chi connectivity index (χ4v) is 3.99. The Hall–Kier alpha value is -2.00. The third-order valence-corrected chi connectivity index (χ3v) is 6.65. The number of Topliss-reactive ketones (excluding diaryl/α,β-unsaturated/α-hetero) is 1. The van der Waals surface area contributed by atoms with Crippen molar-refractivity contribution in [3.63, 3.8) is 0 Å². The Labute approximate surface area is 206 Å². The first-order chi connectivity index (χ1) is 15.8. The minimum Gasteiger partial charge on any atom is -0.456 e. The summed E-state index contributed by atoms with van der Waals surface area (Å²) in [6, 6.07) is 0. The summed E-state index contributed by atoms with van der Waals surface area (Å²) in [6.45, 7) is 10.4. The number of carbonyl (C=O) groups excluding carboxylic acids is 2. The quantitative estimate of drug-likeness (QED) is 0.465. The Bertz CT molecular complexity index is 920. The maximum atomic E-state index is 13.1. The number of esters is 1. The number of ketones is 1. The van der Waals surface area contributed by atoms with Crippen molar-refractivity contribution in [1.29, 1.82) is 0 Å². The second-order valence-corrected chi connectivity index (χ2v) is 9.93. The molecule has 9 heteroatoms. The van der Waals surface area contributed by atoms with Crippen LogP contribution in [-0.4, -0.2) is 58.0 Å². The molecule has 0 amide bonds. The average Bonchev–Trinajstić information content (AvgIpc) is 3.18. The lowest BCUT2D eigenvalue weighted by atomic mass is 9.74. The van der Waals surface area contributed by atoms with Gasteiger partial charge in [-0.1, -0.05) is 44.0 Å². The van der Waals surface area contributed by atoms with Gasteiger partial charge in [-0.2, -0.15) is 0 Å². The molecule has 0 aromatic carbocycles. The van der Waals surface area contributed by atoms with Crippen molar-refractivity contribution in [3.8, 4) is 0 Å². The fourth-order valence-electron chi connectivity index (χ4n) is 3.74. The van der Waals surface area contributed by atoms with Crippen LogP contribution in [0.4, 0.5) is 0 Å². The van der Waals surface area contributed by atoms with E-state index in [0.717, 1.165) is 5.57 Å². The molecule has 0 saturated carbocycles. The summed E-state index contributed by atoms with van der Waals surface area (Å²) in [6.07, 6.45) is 1.67. The van der Waals surface area contributed by atoms with Gasteiger partial charge in [0.2, 0.25) is 0 Å². The number of rotatable bonds is 2. The van der Waals surface area contributed by atoms with Gasteiger partial charge in [-0.3, -0.25) is 9.59 Å². The van der Waals surface area contributed by atoms with Gasteiger partial charge < -0.3 is 24.1 Å². The lowest BCUT2D eigenvalue weighted by Crippen LogP contribution is -2.47. The molecule has 1 aliphatic rings. The number of aryl methyl sites for hydroxylation is 1. The molecule has 0 unspecified atom stereocenters. The van der Waals surface area contributed by atoms with Crippen molar-refractivity contribution in [2.24, 2.45) is 11.3 Å². The molecule has 190 valence electrons. The van der Waals surface area contributed by atoms with Crippen LogP contribution in [0, 0.1) is 18.3 Å². The number of aliphatic hydroxyl groups is 2. The molecule has 2 N–H and O–H groups in total. The summed E-state index contributed by atoms with van der Waals surface area (Å²) >= 11 is 6.49. The third kappa shape index (κ3) is 7.50. The van der Waals surface area contributed by atoms with E-state index in [1.165, 1.54) is 6.26 Å². The zero-order chi connectivity index (χ0) is 25.6. The summed E-state index contributed by atoms with van der Waals surface area (Å²) < 4.78 is 16.6. The number of aromatic nitrogens is 1. The molecule has 5 atom stereocenters. The first kappa shape index (κ1) is 28.2. The van der Waals surface area contributed by atoms with Crippen molar-refractivity contribution in [3.05, 3.63) is 34.5 Å². The highest BCUT2D eigenvalue weighted by Gasteiger charge is 2.42. The monoisotopic (exact) mass is 497 g/mol. The highest BCUT2D eigenvalue weighted by atomic mass is 35.5. The molecule has 0 aliphatic carbocycles. The van der Waals surface area contributed by atoms with Crippen molar-refractivity contribution in [2.45, 2.75) is 85.2 Å². The molecule has 1 aliphatic heterocycles. The summed E-state index contributed by atoms with van der Waals surface area (Å²) in [4.78, 5) is 30.0. The molecule has 0 bridgehead atoms. The molecule has 0 radical (unpaired) electrons. The average molecular weight is 498 g/mol. The number of cyclic esters (lactones) is 1. The maximum Gasteiger partial charge on any atom is 0.309 e. The van der Waals surface area contributed by atoms with Gasteiger partial charge in [0.25, 0.3) is 0 Å². The Morgan fingerprint density at radius 2 is 1.91 bits per heavy atom. The Morgan fingerprint density at radius 1 is 1.24 bits per heavy atom. The van der Waals surface area contributed by atoms with Crippen molar-refractivity contribution in [2.75, 3.05) is 6.61 Å². The van der Waals surface area contributed by atoms with Crippen LogP contribution in [0.15, 0.2) is 27.4 Å². The fraction of sp³-hybridized carbons (Fsp3) is 0.640. The predicted molar refractivity (Wildman–Crippen MR) is 128 cm³/mol. The van der Waals surface area contributed by atoms with Gasteiger partial charge in [0, 0.05) is 19.3 Å². The zero-order valence-corrected chi connectivity index (χ0v) is 21.5. The van der Waals surface area contributed by atoms with E-state index in [2.05, 4.69) is 4.98 Å².